The highest BCUT2D eigenvalue weighted by atomic mass is 16.2. The molecule has 2 heterocycles. The molecule has 0 saturated heterocycles. The van der Waals surface area contributed by atoms with Crippen LogP contribution in [0.4, 0.5) is 5.69 Å². The quantitative estimate of drug-likeness (QED) is 0.643. The predicted octanol–water partition coefficient (Wildman–Crippen LogP) is 2.86. The zero-order chi connectivity index (χ0) is 21.4. The molecule has 3 aromatic rings. The number of amides is 3. The average molecular weight is 400 g/mol. The Kier molecular flexibility index (Phi) is 4.79. The van der Waals surface area contributed by atoms with Gasteiger partial charge in [0.15, 0.2) is 0 Å². The molecule has 0 spiro atoms. The van der Waals surface area contributed by atoms with Gasteiger partial charge in [-0.25, -0.2) is 0 Å². The van der Waals surface area contributed by atoms with Crippen molar-refractivity contribution in [2.75, 3.05) is 11.9 Å². The summed E-state index contributed by atoms with van der Waals surface area (Å²) in [5, 5.41) is 4.70. The summed E-state index contributed by atoms with van der Waals surface area (Å²) in [7, 11) is 0. The van der Waals surface area contributed by atoms with Crippen LogP contribution < -0.4 is 11.1 Å². The van der Waals surface area contributed by atoms with Crippen molar-refractivity contribution < 1.29 is 14.4 Å². The standard InChI is InChI=1S/C23H20N4O3/c1-13(22(24)29)11-27-12-20-18(23(27)30)6-5-15-3-4-16(9-19(15)20)21-10-17(7-8-25-21)26-14(2)28/h3-10H,1,11-12H2,2H3,(H2,24,29)(H,25,26,28). The number of rotatable bonds is 5. The molecule has 0 radical (unpaired) electrons. The first-order valence-electron chi connectivity index (χ1n) is 9.40. The lowest BCUT2D eigenvalue weighted by molar-refractivity contribution is -0.115. The maximum Gasteiger partial charge on any atom is 0.254 e. The van der Waals surface area contributed by atoms with Gasteiger partial charge in [0.1, 0.15) is 0 Å². The number of fused-ring (bicyclic) bond motifs is 3. The van der Waals surface area contributed by atoms with Gasteiger partial charge in [0.25, 0.3) is 5.91 Å². The van der Waals surface area contributed by atoms with E-state index < -0.39 is 5.91 Å². The van der Waals surface area contributed by atoms with Crippen LogP contribution in [-0.4, -0.2) is 34.2 Å². The average Bonchev–Trinajstić information content (AvgIpc) is 3.03. The fourth-order valence-corrected chi connectivity index (χ4v) is 3.65. The maximum atomic E-state index is 12.8. The number of aromatic nitrogens is 1. The molecule has 3 N–H and O–H groups in total. The molecule has 0 bridgehead atoms. The van der Waals surface area contributed by atoms with E-state index in [1.54, 1.807) is 23.2 Å². The molecule has 4 rings (SSSR count). The van der Waals surface area contributed by atoms with Crippen LogP contribution in [0, 0.1) is 0 Å². The van der Waals surface area contributed by atoms with Gasteiger partial charge in [-0.05, 0) is 40.6 Å². The van der Waals surface area contributed by atoms with Crippen LogP contribution in [0.25, 0.3) is 22.0 Å². The summed E-state index contributed by atoms with van der Waals surface area (Å²) < 4.78 is 0. The molecule has 0 unspecified atom stereocenters. The van der Waals surface area contributed by atoms with Gasteiger partial charge in [-0.3, -0.25) is 19.4 Å². The van der Waals surface area contributed by atoms with Crippen molar-refractivity contribution in [2.45, 2.75) is 13.5 Å². The summed E-state index contributed by atoms with van der Waals surface area (Å²) in [4.78, 5) is 41.4. The van der Waals surface area contributed by atoms with Crippen LogP contribution in [0.3, 0.4) is 0 Å². The third-order valence-corrected chi connectivity index (χ3v) is 5.11. The molecule has 7 nitrogen and oxygen atoms in total. The SMILES string of the molecule is C=C(CN1Cc2c(ccc3ccc(-c4cc(NC(C)=O)ccn4)cc23)C1=O)C(N)=O. The first kappa shape index (κ1) is 19.3. The van der Waals surface area contributed by atoms with Crippen LogP contribution in [0.15, 0.2) is 60.8 Å². The topological polar surface area (TPSA) is 105 Å². The van der Waals surface area contributed by atoms with Gasteiger partial charge < -0.3 is 16.0 Å². The van der Waals surface area contributed by atoms with E-state index in [1.807, 2.05) is 30.3 Å². The number of nitrogens with one attached hydrogen (secondary N) is 1. The third-order valence-electron chi connectivity index (χ3n) is 5.11. The second kappa shape index (κ2) is 7.44. The molecular formula is C23H20N4O3. The Labute approximate surface area is 173 Å². The summed E-state index contributed by atoms with van der Waals surface area (Å²) in [6.07, 6.45) is 1.64. The Morgan fingerprint density at radius 1 is 1.20 bits per heavy atom. The highest BCUT2D eigenvalue weighted by molar-refractivity contribution is 6.05. The zero-order valence-electron chi connectivity index (χ0n) is 16.4. The number of carbonyl (C=O) groups is 3. The highest BCUT2D eigenvalue weighted by Crippen LogP contribution is 2.33. The van der Waals surface area contributed by atoms with E-state index in [4.69, 9.17) is 5.73 Å². The van der Waals surface area contributed by atoms with Crippen molar-refractivity contribution in [3.63, 3.8) is 0 Å². The monoisotopic (exact) mass is 400 g/mol. The van der Waals surface area contributed by atoms with Gasteiger partial charge in [-0.2, -0.15) is 0 Å². The van der Waals surface area contributed by atoms with Crippen molar-refractivity contribution in [3.8, 4) is 11.3 Å². The molecule has 1 aliphatic heterocycles. The van der Waals surface area contributed by atoms with E-state index in [0.29, 0.717) is 23.5 Å². The Morgan fingerprint density at radius 2 is 1.97 bits per heavy atom. The normalized spacial score (nSPS) is 12.7. The summed E-state index contributed by atoms with van der Waals surface area (Å²) >= 11 is 0. The van der Waals surface area contributed by atoms with Crippen molar-refractivity contribution in [2.24, 2.45) is 5.73 Å². The fraction of sp³-hybridized carbons (Fsp3) is 0.130. The van der Waals surface area contributed by atoms with Gasteiger partial charge in [-0.1, -0.05) is 24.8 Å². The van der Waals surface area contributed by atoms with Crippen LogP contribution in [0.2, 0.25) is 0 Å². The number of hydrogen-bond donors (Lipinski definition) is 2. The second-order valence-electron chi connectivity index (χ2n) is 7.27. The molecule has 3 amide bonds. The Morgan fingerprint density at radius 3 is 2.70 bits per heavy atom. The number of benzene rings is 2. The first-order chi connectivity index (χ1) is 14.3. The Bertz CT molecular complexity index is 1230. The number of nitrogens with two attached hydrogens (primary N) is 1. The van der Waals surface area contributed by atoms with E-state index in [-0.39, 0.29) is 23.9 Å². The summed E-state index contributed by atoms with van der Waals surface area (Å²) in [5.41, 5.74) is 9.22. The number of hydrogen-bond acceptors (Lipinski definition) is 4. The minimum absolute atomic E-state index is 0.102. The number of carbonyl (C=O) groups excluding carboxylic acids is 3. The van der Waals surface area contributed by atoms with Crippen molar-refractivity contribution in [1.29, 1.82) is 0 Å². The molecular weight excluding hydrogens is 380 g/mol. The number of nitrogens with zero attached hydrogens (tertiary/aromatic N) is 2. The molecule has 30 heavy (non-hydrogen) atoms. The van der Waals surface area contributed by atoms with Gasteiger partial charge in [0, 0.05) is 42.1 Å². The smallest absolute Gasteiger partial charge is 0.254 e. The summed E-state index contributed by atoms with van der Waals surface area (Å²) in [6, 6.07) is 13.2. The predicted molar refractivity (Wildman–Crippen MR) is 115 cm³/mol. The molecule has 1 aromatic heterocycles. The van der Waals surface area contributed by atoms with Gasteiger partial charge in [0.05, 0.1) is 12.2 Å². The second-order valence-corrected chi connectivity index (χ2v) is 7.27. The lowest BCUT2D eigenvalue weighted by Crippen LogP contribution is -2.30. The van der Waals surface area contributed by atoms with Crippen molar-refractivity contribution in [3.05, 3.63) is 71.9 Å². The number of pyridine rings is 1. The lowest BCUT2D eigenvalue weighted by Gasteiger charge is -2.15. The molecule has 7 heteroatoms. The van der Waals surface area contributed by atoms with E-state index >= 15 is 0 Å². The molecule has 0 atom stereocenters. The number of primary amides is 1. The fourth-order valence-electron chi connectivity index (χ4n) is 3.65. The Hall–Kier alpha value is -4.00. The molecule has 0 fully saturated rings. The van der Waals surface area contributed by atoms with E-state index in [9.17, 15) is 14.4 Å². The summed E-state index contributed by atoms with van der Waals surface area (Å²) in [5.74, 6) is -0.916. The van der Waals surface area contributed by atoms with E-state index in [1.165, 1.54) is 6.92 Å². The zero-order valence-corrected chi connectivity index (χ0v) is 16.4. The third kappa shape index (κ3) is 3.53. The van der Waals surface area contributed by atoms with Crippen molar-refractivity contribution in [1.82, 2.24) is 9.88 Å². The van der Waals surface area contributed by atoms with Gasteiger partial charge >= 0.3 is 0 Å². The van der Waals surface area contributed by atoms with Gasteiger partial charge in [-0.15, -0.1) is 0 Å². The molecule has 1 aliphatic rings. The maximum absolute atomic E-state index is 12.8. The minimum atomic E-state index is -0.615. The first-order valence-corrected chi connectivity index (χ1v) is 9.40. The molecule has 0 saturated carbocycles. The van der Waals surface area contributed by atoms with Crippen LogP contribution in [0.5, 0.6) is 0 Å². The molecule has 0 aliphatic carbocycles. The van der Waals surface area contributed by atoms with Crippen LogP contribution >= 0.6 is 0 Å². The lowest BCUT2D eigenvalue weighted by atomic mass is 9.97. The minimum Gasteiger partial charge on any atom is -0.366 e. The molecule has 2 aromatic carbocycles. The van der Waals surface area contributed by atoms with Crippen LogP contribution in [-0.2, 0) is 16.1 Å². The van der Waals surface area contributed by atoms with Crippen LogP contribution in [0.1, 0.15) is 22.8 Å². The molecule has 150 valence electrons. The Balaban J connectivity index is 1.73. The highest BCUT2D eigenvalue weighted by Gasteiger charge is 2.29. The van der Waals surface area contributed by atoms with E-state index in [0.717, 1.165) is 21.9 Å². The summed E-state index contributed by atoms with van der Waals surface area (Å²) in [6.45, 7) is 5.58. The van der Waals surface area contributed by atoms with Crippen molar-refractivity contribution >= 4 is 34.2 Å². The number of anilines is 1. The largest absolute Gasteiger partial charge is 0.366 e. The van der Waals surface area contributed by atoms with Gasteiger partial charge in [0.2, 0.25) is 11.8 Å². The van der Waals surface area contributed by atoms with E-state index in [2.05, 4.69) is 16.9 Å².